The Morgan fingerprint density at radius 3 is 2.80 bits per heavy atom. The molecule has 1 unspecified atom stereocenters. The molecule has 5 rings (SSSR count). The highest BCUT2D eigenvalue weighted by Crippen LogP contribution is 2.39. The summed E-state index contributed by atoms with van der Waals surface area (Å²) in [5.74, 6) is -0.158. The van der Waals surface area contributed by atoms with Gasteiger partial charge in [-0.25, -0.2) is 4.39 Å². The lowest BCUT2D eigenvalue weighted by Gasteiger charge is -2.12. The third-order valence-corrected chi connectivity index (χ3v) is 4.82. The zero-order valence-corrected chi connectivity index (χ0v) is 13.4. The average Bonchev–Trinajstić information content (AvgIpc) is 3.24. The second-order valence-electron chi connectivity index (χ2n) is 6.30. The summed E-state index contributed by atoms with van der Waals surface area (Å²) in [6.07, 6.45) is 4.03. The van der Waals surface area contributed by atoms with Crippen LogP contribution in [0.25, 0.3) is 22.2 Å². The molecule has 25 heavy (non-hydrogen) atoms. The SMILES string of the molecule is Fc1ccc(-c2cnn3c2C(c2ccc4ccccc4n2)CC3)nc1. The number of fused-ring (bicyclic) bond motifs is 2. The minimum atomic E-state index is -0.333. The van der Waals surface area contributed by atoms with Crippen molar-refractivity contribution in [2.24, 2.45) is 0 Å². The number of hydrogen-bond acceptors (Lipinski definition) is 3. The van der Waals surface area contributed by atoms with E-state index in [2.05, 4.69) is 28.3 Å². The first-order valence-electron chi connectivity index (χ1n) is 8.33. The molecule has 5 heteroatoms. The Bertz CT molecular complexity index is 1070. The van der Waals surface area contributed by atoms with Gasteiger partial charge in [-0.1, -0.05) is 24.3 Å². The number of hydrogen-bond donors (Lipinski definition) is 0. The number of aryl methyl sites for hydroxylation is 1. The van der Waals surface area contributed by atoms with Crippen LogP contribution in [0, 0.1) is 5.82 Å². The smallest absolute Gasteiger partial charge is 0.141 e. The van der Waals surface area contributed by atoms with Gasteiger partial charge < -0.3 is 0 Å². The lowest BCUT2D eigenvalue weighted by Crippen LogP contribution is -2.02. The number of pyridine rings is 2. The van der Waals surface area contributed by atoms with Crippen LogP contribution in [0.5, 0.6) is 0 Å². The average molecular weight is 330 g/mol. The predicted molar refractivity (Wildman–Crippen MR) is 93.6 cm³/mol. The third kappa shape index (κ3) is 2.31. The molecule has 0 spiro atoms. The first-order chi connectivity index (χ1) is 12.3. The normalized spacial score (nSPS) is 16.3. The molecule has 4 heterocycles. The summed E-state index contributed by atoms with van der Waals surface area (Å²) in [6, 6.07) is 15.5. The van der Waals surface area contributed by atoms with Crippen LogP contribution in [0.3, 0.4) is 0 Å². The van der Waals surface area contributed by atoms with Crippen LogP contribution in [0.15, 0.2) is 60.9 Å². The van der Waals surface area contributed by atoms with Crippen molar-refractivity contribution in [2.45, 2.75) is 18.9 Å². The number of halogens is 1. The van der Waals surface area contributed by atoms with E-state index in [1.165, 1.54) is 12.3 Å². The molecule has 0 aliphatic carbocycles. The molecular formula is C20H15FN4. The lowest BCUT2D eigenvalue weighted by molar-refractivity contribution is 0.622. The number of para-hydroxylation sites is 1. The summed E-state index contributed by atoms with van der Waals surface area (Å²) in [5, 5.41) is 5.63. The van der Waals surface area contributed by atoms with E-state index in [0.717, 1.165) is 46.5 Å². The third-order valence-electron chi connectivity index (χ3n) is 4.82. The molecule has 0 N–H and O–H groups in total. The van der Waals surface area contributed by atoms with Gasteiger partial charge in [0.1, 0.15) is 5.82 Å². The summed E-state index contributed by atoms with van der Waals surface area (Å²) >= 11 is 0. The van der Waals surface area contributed by atoms with Crippen LogP contribution >= 0.6 is 0 Å². The summed E-state index contributed by atoms with van der Waals surface area (Å²) in [5.41, 5.74) is 4.86. The summed E-state index contributed by atoms with van der Waals surface area (Å²) in [6.45, 7) is 0.857. The zero-order chi connectivity index (χ0) is 16.8. The molecule has 0 radical (unpaired) electrons. The molecule has 122 valence electrons. The minimum absolute atomic E-state index is 0.175. The summed E-state index contributed by atoms with van der Waals surface area (Å²) in [7, 11) is 0. The van der Waals surface area contributed by atoms with Gasteiger partial charge in [0.25, 0.3) is 0 Å². The number of rotatable bonds is 2. The van der Waals surface area contributed by atoms with Crippen LogP contribution in [0.1, 0.15) is 23.7 Å². The van der Waals surface area contributed by atoms with E-state index < -0.39 is 0 Å². The molecule has 1 aliphatic rings. The Morgan fingerprint density at radius 1 is 1.00 bits per heavy atom. The molecule has 0 fully saturated rings. The Labute approximate surface area is 144 Å². The van der Waals surface area contributed by atoms with Gasteiger partial charge in [0.05, 0.1) is 35.0 Å². The first kappa shape index (κ1) is 14.3. The number of nitrogens with zero attached hydrogens (tertiary/aromatic N) is 4. The molecule has 1 aliphatic heterocycles. The van der Waals surface area contributed by atoms with Crippen molar-refractivity contribution < 1.29 is 4.39 Å². The summed E-state index contributed by atoms with van der Waals surface area (Å²) in [4.78, 5) is 9.09. The largest absolute Gasteiger partial charge is 0.268 e. The van der Waals surface area contributed by atoms with Gasteiger partial charge in [-0.15, -0.1) is 0 Å². The molecular weight excluding hydrogens is 315 g/mol. The fraction of sp³-hybridized carbons (Fsp3) is 0.150. The van der Waals surface area contributed by atoms with Gasteiger partial charge in [-0.2, -0.15) is 5.10 Å². The van der Waals surface area contributed by atoms with Gasteiger partial charge >= 0.3 is 0 Å². The number of aromatic nitrogens is 4. The standard InChI is InChI=1S/C20H15FN4/c21-14-6-8-18(22-11-14)16-12-23-25-10-9-15(20(16)25)19-7-5-13-3-1-2-4-17(13)24-19/h1-8,11-12,15H,9-10H2. The highest BCUT2D eigenvalue weighted by molar-refractivity contribution is 5.78. The van der Waals surface area contributed by atoms with Crippen molar-refractivity contribution in [1.29, 1.82) is 0 Å². The molecule has 1 aromatic carbocycles. The molecule has 0 saturated heterocycles. The molecule has 0 saturated carbocycles. The Morgan fingerprint density at radius 2 is 1.92 bits per heavy atom. The second kappa shape index (κ2) is 5.48. The van der Waals surface area contributed by atoms with Gasteiger partial charge in [-0.3, -0.25) is 14.6 Å². The van der Waals surface area contributed by atoms with Crippen molar-refractivity contribution in [3.05, 3.63) is 78.1 Å². The van der Waals surface area contributed by atoms with Crippen molar-refractivity contribution in [2.75, 3.05) is 0 Å². The molecule has 4 nitrogen and oxygen atoms in total. The van der Waals surface area contributed by atoms with E-state index in [1.807, 2.05) is 29.1 Å². The van der Waals surface area contributed by atoms with Crippen LogP contribution in [-0.2, 0) is 6.54 Å². The van der Waals surface area contributed by atoms with Gasteiger partial charge in [0.15, 0.2) is 0 Å². The molecule has 0 amide bonds. The van der Waals surface area contributed by atoms with Gasteiger partial charge in [-0.05, 0) is 30.7 Å². The van der Waals surface area contributed by atoms with E-state index >= 15 is 0 Å². The zero-order valence-electron chi connectivity index (χ0n) is 13.4. The highest BCUT2D eigenvalue weighted by atomic mass is 19.1. The first-order valence-corrected chi connectivity index (χ1v) is 8.33. The molecule has 1 atom stereocenters. The topological polar surface area (TPSA) is 43.6 Å². The fourth-order valence-corrected chi connectivity index (χ4v) is 3.63. The summed E-state index contributed by atoms with van der Waals surface area (Å²) < 4.78 is 15.2. The van der Waals surface area contributed by atoms with Crippen LogP contribution in [0.2, 0.25) is 0 Å². The maximum absolute atomic E-state index is 13.2. The predicted octanol–water partition coefficient (Wildman–Crippen LogP) is 4.17. The molecule has 0 bridgehead atoms. The Kier molecular flexibility index (Phi) is 3.13. The van der Waals surface area contributed by atoms with E-state index in [0.29, 0.717) is 0 Å². The second-order valence-corrected chi connectivity index (χ2v) is 6.30. The Balaban J connectivity index is 1.62. The fourth-order valence-electron chi connectivity index (χ4n) is 3.63. The van der Waals surface area contributed by atoms with Crippen LogP contribution in [0.4, 0.5) is 4.39 Å². The van der Waals surface area contributed by atoms with E-state index in [1.54, 1.807) is 6.07 Å². The van der Waals surface area contributed by atoms with E-state index in [-0.39, 0.29) is 11.7 Å². The van der Waals surface area contributed by atoms with Gasteiger partial charge in [0, 0.05) is 23.4 Å². The minimum Gasteiger partial charge on any atom is -0.268 e. The molecule has 3 aromatic heterocycles. The van der Waals surface area contributed by atoms with E-state index in [9.17, 15) is 4.39 Å². The number of benzene rings is 1. The maximum Gasteiger partial charge on any atom is 0.141 e. The van der Waals surface area contributed by atoms with Gasteiger partial charge in [0.2, 0.25) is 0 Å². The quantitative estimate of drug-likeness (QED) is 0.554. The maximum atomic E-state index is 13.2. The van der Waals surface area contributed by atoms with Crippen molar-refractivity contribution in [1.82, 2.24) is 19.7 Å². The Hall–Kier alpha value is -3.08. The lowest BCUT2D eigenvalue weighted by atomic mass is 9.95. The van der Waals surface area contributed by atoms with Crippen LogP contribution in [-0.4, -0.2) is 19.7 Å². The van der Waals surface area contributed by atoms with Crippen molar-refractivity contribution in [3.8, 4) is 11.3 Å². The van der Waals surface area contributed by atoms with Crippen molar-refractivity contribution >= 4 is 10.9 Å². The van der Waals surface area contributed by atoms with Crippen LogP contribution < -0.4 is 0 Å². The highest BCUT2D eigenvalue weighted by Gasteiger charge is 2.30. The molecule has 4 aromatic rings. The monoisotopic (exact) mass is 330 g/mol. The van der Waals surface area contributed by atoms with E-state index in [4.69, 9.17) is 4.98 Å². The van der Waals surface area contributed by atoms with Crippen molar-refractivity contribution in [3.63, 3.8) is 0 Å².